The molecule has 0 fully saturated rings. The number of aromatic carboxylic acids is 1. The van der Waals surface area contributed by atoms with Crippen molar-refractivity contribution in [3.05, 3.63) is 59.9 Å². The molecule has 1 heterocycles. The molecule has 0 aliphatic carbocycles. The molecular formula is C16H18N2O3. The zero-order valence-electron chi connectivity index (χ0n) is 11.8. The minimum atomic E-state index is -0.984. The lowest BCUT2D eigenvalue weighted by Crippen LogP contribution is -2.24. The minimum Gasteiger partial charge on any atom is -0.491 e. The predicted octanol–water partition coefficient (Wildman–Crippen LogP) is 2.51. The van der Waals surface area contributed by atoms with Gasteiger partial charge in [-0.25, -0.2) is 4.79 Å². The normalized spacial score (nSPS) is 11.9. The summed E-state index contributed by atoms with van der Waals surface area (Å²) in [5.74, 6) is -0.594. The molecule has 1 atom stereocenters. The first-order valence-corrected chi connectivity index (χ1v) is 6.77. The lowest BCUT2D eigenvalue weighted by molar-refractivity contribution is 0.0692. The Balaban J connectivity index is 1.81. The Kier molecular flexibility index (Phi) is 5.29. The molecule has 0 radical (unpaired) electrons. The zero-order valence-corrected chi connectivity index (χ0v) is 11.8. The summed E-state index contributed by atoms with van der Waals surface area (Å²) in [6, 6.07) is 10.7. The average Bonchev–Trinajstić information content (AvgIpc) is 2.52. The molecule has 5 heteroatoms. The standard InChI is InChI=1S/C16H18N2O3/c1-12(13-5-4-8-17-11-13)18-9-10-21-15-7-3-2-6-14(15)16(19)20/h2-8,11-12,18H,9-10H2,1H3,(H,19,20)/t12-/m0/s1. The van der Waals surface area contributed by atoms with Gasteiger partial charge in [0.1, 0.15) is 17.9 Å². The Labute approximate surface area is 123 Å². The van der Waals surface area contributed by atoms with Crippen LogP contribution in [-0.4, -0.2) is 29.2 Å². The highest BCUT2D eigenvalue weighted by atomic mass is 16.5. The number of rotatable bonds is 7. The van der Waals surface area contributed by atoms with E-state index in [-0.39, 0.29) is 11.6 Å². The maximum Gasteiger partial charge on any atom is 0.339 e. The molecule has 0 bridgehead atoms. The number of nitrogens with zero attached hydrogens (tertiary/aromatic N) is 1. The van der Waals surface area contributed by atoms with Gasteiger partial charge in [-0.1, -0.05) is 18.2 Å². The van der Waals surface area contributed by atoms with E-state index in [2.05, 4.69) is 10.3 Å². The highest BCUT2D eigenvalue weighted by Crippen LogP contribution is 2.17. The van der Waals surface area contributed by atoms with Crippen LogP contribution in [0.5, 0.6) is 5.75 Å². The van der Waals surface area contributed by atoms with Crippen LogP contribution in [0.25, 0.3) is 0 Å². The van der Waals surface area contributed by atoms with E-state index < -0.39 is 5.97 Å². The number of hydrogen-bond donors (Lipinski definition) is 2. The van der Waals surface area contributed by atoms with Crippen molar-refractivity contribution in [3.63, 3.8) is 0 Å². The maximum atomic E-state index is 11.0. The van der Waals surface area contributed by atoms with E-state index in [1.54, 1.807) is 24.4 Å². The number of nitrogens with one attached hydrogen (secondary N) is 1. The number of para-hydroxylation sites is 1. The van der Waals surface area contributed by atoms with Crippen molar-refractivity contribution in [2.24, 2.45) is 0 Å². The Hall–Kier alpha value is -2.40. The Morgan fingerprint density at radius 3 is 2.86 bits per heavy atom. The summed E-state index contributed by atoms with van der Waals surface area (Å²) < 4.78 is 5.53. The molecule has 1 aromatic heterocycles. The highest BCUT2D eigenvalue weighted by molar-refractivity contribution is 5.90. The topological polar surface area (TPSA) is 71.5 Å². The van der Waals surface area contributed by atoms with Crippen LogP contribution in [0.3, 0.4) is 0 Å². The van der Waals surface area contributed by atoms with E-state index in [0.29, 0.717) is 18.9 Å². The van der Waals surface area contributed by atoms with E-state index in [4.69, 9.17) is 9.84 Å². The predicted molar refractivity (Wildman–Crippen MR) is 79.6 cm³/mol. The van der Waals surface area contributed by atoms with Crippen LogP contribution in [0.15, 0.2) is 48.8 Å². The summed E-state index contributed by atoms with van der Waals surface area (Å²) in [6.45, 7) is 3.06. The number of carboxylic acid groups (broad SMARTS) is 1. The zero-order chi connectivity index (χ0) is 15.1. The molecule has 5 nitrogen and oxygen atoms in total. The van der Waals surface area contributed by atoms with Gasteiger partial charge in [0.15, 0.2) is 0 Å². The second-order valence-electron chi connectivity index (χ2n) is 4.61. The molecule has 0 saturated carbocycles. The van der Waals surface area contributed by atoms with Gasteiger partial charge < -0.3 is 15.2 Å². The minimum absolute atomic E-state index is 0.164. The number of pyridine rings is 1. The van der Waals surface area contributed by atoms with Gasteiger partial charge in [0, 0.05) is 25.0 Å². The molecule has 0 aliphatic heterocycles. The molecule has 2 N–H and O–H groups in total. The third-order valence-corrected chi connectivity index (χ3v) is 3.11. The molecule has 0 saturated heterocycles. The number of carboxylic acids is 1. The molecule has 2 rings (SSSR count). The Bertz CT molecular complexity index is 587. The maximum absolute atomic E-state index is 11.0. The molecule has 0 unspecified atom stereocenters. The van der Waals surface area contributed by atoms with Gasteiger partial charge in [0.2, 0.25) is 0 Å². The van der Waals surface area contributed by atoms with Crippen molar-refractivity contribution in [2.45, 2.75) is 13.0 Å². The number of hydrogen-bond acceptors (Lipinski definition) is 4. The fraction of sp³-hybridized carbons (Fsp3) is 0.250. The molecule has 21 heavy (non-hydrogen) atoms. The van der Waals surface area contributed by atoms with Crippen molar-refractivity contribution in [1.29, 1.82) is 0 Å². The van der Waals surface area contributed by atoms with Gasteiger partial charge in [0.25, 0.3) is 0 Å². The summed E-state index contributed by atoms with van der Waals surface area (Å²) in [7, 11) is 0. The van der Waals surface area contributed by atoms with Crippen LogP contribution in [0.2, 0.25) is 0 Å². The largest absolute Gasteiger partial charge is 0.491 e. The van der Waals surface area contributed by atoms with E-state index >= 15 is 0 Å². The lowest BCUT2D eigenvalue weighted by atomic mass is 10.1. The van der Waals surface area contributed by atoms with Crippen molar-refractivity contribution in [1.82, 2.24) is 10.3 Å². The molecule has 0 amide bonds. The van der Waals surface area contributed by atoms with Gasteiger partial charge in [-0.2, -0.15) is 0 Å². The lowest BCUT2D eigenvalue weighted by Gasteiger charge is -2.14. The van der Waals surface area contributed by atoms with Crippen LogP contribution in [0, 0.1) is 0 Å². The number of benzene rings is 1. The number of carbonyl (C=O) groups is 1. The van der Waals surface area contributed by atoms with Crippen LogP contribution >= 0.6 is 0 Å². The van der Waals surface area contributed by atoms with Gasteiger partial charge in [-0.3, -0.25) is 4.98 Å². The van der Waals surface area contributed by atoms with Crippen LogP contribution in [-0.2, 0) is 0 Å². The van der Waals surface area contributed by atoms with Crippen molar-refractivity contribution < 1.29 is 14.6 Å². The average molecular weight is 286 g/mol. The molecule has 110 valence electrons. The van der Waals surface area contributed by atoms with E-state index in [9.17, 15) is 4.79 Å². The smallest absolute Gasteiger partial charge is 0.339 e. The Morgan fingerprint density at radius 2 is 2.14 bits per heavy atom. The van der Waals surface area contributed by atoms with Gasteiger partial charge in [-0.05, 0) is 30.7 Å². The summed E-state index contributed by atoms with van der Waals surface area (Å²) in [6.07, 6.45) is 3.56. The van der Waals surface area contributed by atoms with E-state index in [1.807, 2.05) is 25.3 Å². The quantitative estimate of drug-likeness (QED) is 0.765. The van der Waals surface area contributed by atoms with Gasteiger partial charge >= 0.3 is 5.97 Å². The monoisotopic (exact) mass is 286 g/mol. The van der Waals surface area contributed by atoms with Crippen LogP contribution < -0.4 is 10.1 Å². The molecular weight excluding hydrogens is 268 g/mol. The fourth-order valence-electron chi connectivity index (χ4n) is 1.96. The van der Waals surface area contributed by atoms with Crippen molar-refractivity contribution in [3.8, 4) is 5.75 Å². The summed E-state index contributed by atoms with van der Waals surface area (Å²) in [5.41, 5.74) is 1.28. The fourth-order valence-corrected chi connectivity index (χ4v) is 1.96. The van der Waals surface area contributed by atoms with E-state index in [0.717, 1.165) is 5.56 Å². The Morgan fingerprint density at radius 1 is 1.33 bits per heavy atom. The molecule has 0 aliphatic rings. The summed E-state index contributed by atoms with van der Waals surface area (Å²) >= 11 is 0. The molecule has 1 aromatic carbocycles. The second kappa shape index (κ2) is 7.40. The highest BCUT2D eigenvalue weighted by Gasteiger charge is 2.10. The first-order valence-electron chi connectivity index (χ1n) is 6.77. The first-order chi connectivity index (χ1) is 10.2. The van der Waals surface area contributed by atoms with Gasteiger partial charge in [-0.15, -0.1) is 0 Å². The number of aromatic nitrogens is 1. The third-order valence-electron chi connectivity index (χ3n) is 3.11. The van der Waals surface area contributed by atoms with E-state index in [1.165, 1.54) is 6.07 Å². The third kappa shape index (κ3) is 4.29. The number of ether oxygens (including phenoxy) is 1. The van der Waals surface area contributed by atoms with Crippen molar-refractivity contribution in [2.75, 3.05) is 13.2 Å². The molecule has 0 spiro atoms. The van der Waals surface area contributed by atoms with Crippen LogP contribution in [0.4, 0.5) is 0 Å². The second-order valence-corrected chi connectivity index (χ2v) is 4.61. The summed E-state index contributed by atoms with van der Waals surface area (Å²) in [4.78, 5) is 15.1. The SMILES string of the molecule is C[C@H](NCCOc1ccccc1C(=O)O)c1cccnc1. The van der Waals surface area contributed by atoms with Crippen LogP contribution in [0.1, 0.15) is 28.9 Å². The van der Waals surface area contributed by atoms with Crippen molar-refractivity contribution >= 4 is 5.97 Å². The summed E-state index contributed by atoms with van der Waals surface area (Å²) in [5, 5.41) is 12.4. The van der Waals surface area contributed by atoms with Gasteiger partial charge in [0.05, 0.1) is 0 Å². The first kappa shape index (κ1) is 15.0. The molecule has 2 aromatic rings.